The van der Waals surface area contributed by atoms with Crippen LogP contribution in [0, 0.1) is 0 Å². The highest BCUT2D eigenvalue weighted by atomic mass is 79.9. The first-order valence-corrected chi connectivity index (χ1v) is 11.2. The van der Waals surface area contributed by atoms with E-state index in [-0.39, 0.29) is 16.6 Å². The topological polar surface area (TPSA) is 85.9 Å². The summed E-state index contributed by atoms with van der Waals surface area (Å²) in [4.78, 5) is 13.6. The molecule has 0 saturated heterocycles. The van der Waals surface area contributed by atoms with Crippen molar-refractivity contribution in [3.63, 3.8) is 0 Å². The van der Waals surface area contributed by atoms with Crippen molar-refractivity contribution in [3.05, 3.63) is 98.8 Å². The van der Waals surface area contributed by atoms with Gasteiger partial charge in [-0.15, -0.1) is 10.2 Å². The molecule has 3 heterocycles. The van der Waals surface area contributed by atoms with Crippen molar-refractivity contribution in [1.29, 1.82) is 0 Å². The Bertz CT molecular complexity index is 1510. The molecule has 7 nitrogen and oxygen atoms in total. The van der Waals surface area contributed by atoms with Gasteiger partial charge in [-0.1, -0.05) is 45.5 Å². The van der Waals surface area contributed by atoms with Gasteiger partial charge in [-0.25, -0.2) is 4.68 Å². The summed E-state index contributed by atoms with van der Waals surface area (Å²) in [6.07, 6.45) is 1.58. The molecule has 9 heteroatoms. The molecule has 2 aromatic carbocycles. The number of aromatic nitrogens is 2. The third-order valence-corrected chi connectivity index (χ3v) is 6.01. The van der Waals surface area contributed by atoms with Crippen LogP contribution in [0.1, 0.15) is 28.2 Å². The smallest absolute Gasteiger partial charge is 0.258 e. The van der Waals surface area contributed by atoms with Gasteiger partial charge in [0.25, 0.3) is 5.78 Å². The van der Waals surface area contributed by atoms with Crippen molar-refractivity contribution in [1.82, 2.24) is 9.78 Å². The first-order chi connectivity index (χ1) is 15.6. The average Bonchev–Trinajstić information content (AvgIpc) is 3.57. The minimum Gasteiger partial charge on any atom is -0.463 e. The van der Waals surface area contributed by atoms with Crippen LogP contribution in [-0.4, -0.2) is 21.3 Å². The molecule has 3 aromatic heterocycles. The van der Waals surface area contributed by atoms with E-state index in [1.807, 2.05) is 48.5 Å². The summed E-state index contributed by atoms with van der Waals surface area (Å²) in [5.41, 5.74) is 2.01. The van der Waals surface area contributed by atoms with E-state index in [9.17, 15) is 4.79 Å². The van der Waals surface area contributed by atoms with Gasteiger partial charge in [0.15, 0.2) is 10.8 Å². The molecule has 0 saturated carbocycles. The van der Waals surface area contributed by atoms with Crippen LogP contribution in [0.15, 0.2) is 96.5 Å². The Kier molecular flexibility index (Phi) is 5.42. The second-order valence-electron chi connectivity index (χ2n) is 6.82. The van der Waals surface area contributed by atoms with E-state index in [1.165, 1.54) is 0 Å². The quantitative estimate of drug-likeness (QED) is 0.176. The fraction of sp³-hybridized carbons (Fsp3) is 0.0435. The predicted molar refractivity (Wildman–Crippen MR) is 125 cm³/mol. The summed E-state index contributed by atoms with van der Waals surface area (Å²) >= 11 is 4.57. The van der Waals surface area contributed by atoms with Crippen LogP contribution in [0.5, 0.6) is 0 Å². The number of para-hydroxylation sites is 1. The Balaban J connectivity index is 1.59. The van der Waals surface area contributed by atoms with Crippen LogP contribution in [-0.2, 0) is 0 Å². The van der Waals surface area contributed by atoms with E-state index in [0.717, 1.165) is 26.9 Å². The zero-order valence-corrected chi connectivity index (χ0v) is 19.1. The zero-order valence-electron chi connectivity index (χ0n) is 16.7. The third kappa shape index (κ3) is 4.00. The minimum absolute atomic E-state index is 0.217. The van der Waals surface area contributed by atoms with E-state index in [0.29, 0.717) is 21.9 Å². The summed E-state index contributed by atoms with van der Waals surface area (Å²) in [6.45, 7) is 1.80. The number of nitrogens with zero attached hydrogens (tertiary/aromatic N) is 4. The van der Waals surface area contributed by atoms with Crippen LogP contribution < -0.4 is 4.80 Å². The summed E-state index contributed by atoms with van der Waals surface area (Å²) < 4.78 is 13.6. The molecule has 0 bridgehead atoms. The Morgan fingerprint density at radius 3 is 2.69 bits per heavy atom. The molecule has 0 radical (unpaired) electrons. The summed E-state index contributed by atoms with van der Waals surface area (Å²) in [5.74, 6) is 0.517. The highest BCUT2D eigenvalue weighted by Gasteiger charge is 2.20. The summed E-state index contributed by atoms with van der Waals surface area (Å²) in [7, 11) is 0. The second-order valence-corrected chi connectivity index (χ2v) is 8.69. The van der Waals surface area contributed by atoms with Crippen molar-refractivity contribution in [2.24, 2.45) is 10.2 Å². The van der Waals surface area contributed by atoms with Gasteiger partial charge in [-0.05, 0) is 55.5 Å². The lowest BCUT2D eigenvalue weighted by atomic mass is 10.2. The number of carbonyl (C=O) groups is 1. The maximum Gasteiger partial charge on any atom is 0.258 e. The molecule has 0 aliphatic carbocycles. The van der Waals surface area contributed by atoms with Gasteiger partial charge in [0.1, 0.15) is 17.1 Å². The first kappa shape index (κ1) is 20.3. The van der Waals surface area contributed by atoms with Crippen molar-refractivity contribution in [2.75, 3.05) is 0 Å². The molecule has 0 amide bonds. The van der Waals surface area contributed by atoms with E-state index >= 15 is 0 Å². The number of ketones is 1. The Morgan fingerprint density at radius 1 is 1.06 bits per heavy atom. The van der Waals surface area contributed by atoms with Crippen LogP contribution in [0.3, 0.4) is 0 Å². The summed E-state index contributed by atoms with van der Waals surface area (Å²) in [6, 6.07) is 20.3. The molecule has 0 N–H and O–H groups in total. The molecular formula is C23H15BrN4O3S. The molecule has 0 aliphatic heterocycles. The van der Waals surface area contributed by atoms with E-state index in [2.05, 4.69) is 31.2 Å². The molecule has 0 atom stereocenters. The number of carbonyl (C=O) groups excluding carboxylic acids is 1. The fourth-order valence-electron chi connectivity index (χ4n) is 3.06. The van der Waals surface area contributed by atoms with Crippen LogP contribution in [0.4, 0.5) is 0 Å². The van der Waals surface area contributed by atoms with E-state index in [1.54, 1.807) is 36.1 Å². The average molecular weight is 507 g/mol. The molecule has 0 fully saturated rings. The van der Waals surface area contributed by atoms with Crippen molar-refractivity contribution >= 4 is 49.7 Å². The summed E-state index contributed by atoms with van der Waals surface area (Å²) in [5, 5.41) is 14.2. The van der Waals surface area contributed by atoms with Crippen molar-refractivity contribution < 1.29 is 13.6 Å². The zero-order chi connectivity index (χ0) is 22.1. The molecular weight excluding hydrogens is 492 g/mol. The van der Waals surface area contributed by atoms with Gasteiger partial charge in [0.05, 0.1) is 12.0 Å². The van der Waals surface area contributed by atoms with E-state index < -0.39 is 0 Å². The molecule has 158 valence electrons. The maximum absolute atomic E-state index is 13.2. The second kappa shape index (κ2) is 8.52. The number of hydrogen-bond acceptors (Lipinski definition) is 7. The molecule has 5 aromatic rings. The predicted octanol–water partition coefficient (Wildman–Crippen LogP) is 5.59. The lowest BCUT2D eigenvalue weighted by Gasteiger charge is -1.99. The highest BCUT2D eigenvalue weighted by molar-refractivity contribution is 9.10. The van der Waals surface area contributed by atoms with Crippen LogP contribution in [0.2, 0.25) is 0 Å². The normalized spacial score (nSPS) is 12.6. The number of furan rings is 2. The van der Waals surface area contributed by atoms with Gasteiger partial charge in [0, 0.05) is 9.86 Å². The molecule has 0 aliphatic rings. The minimum atomic E-state index is -0.319. The lowest BCUT2D eigenvalue weighted by molar-refractivity contribution is 0.101. The molecule has 5 rings (SSSR count). The largest absolute Gasteiger partial charge is 0.463 e. The number of fused-ring (bicyclic) bond motifs is 1. The number of benzene rings is 2. The maximum atomic E-state index is 13.2. The van der Waals surface area contributed by atoms with Crippen molar-refractivity contribution in [3.8, 4) is 5.69 Å². The van der Waals surface area contributed by atoms with Gasteiger partial charge in [-0.2, -0.15) is 5.10 Å². The van der Waals surface area contributed by atoms with Gasteiger partial charge >= 0.3 is 0 Å². The Labute approximate surface area is 194 Å². The van der Waals surface area contributed by atoms with Crippen molar-refractivity contribution in [2.45, 2.75) is 6.92 Å². The number of hydrogen-bond donors (Lipinski definition) is 0. The Morgan fingerprint density at radius 2 is 1.91 bits per heavy atom. The number of halogens is 1. The Hall–Kier alpha value is -3.56. The van der Waals surface area contributed by atoms with Crippen LogP contribution in [0.25, 0.3) is 16.7 Å². The third-order valence-electron chi connectivity index (χ3n) is 4.62. The highest BCUT2D eigenvalue weighted by Crippen LogP contribution is 2.25. The van der Waals surface area contributed by atoms with Crippen LogP contribution >= 0.6 is 27.3 Å². The standard InChI is InChI=1S/C23H15BrN4O3S/c1-14(18-8-5-11-30-18)25-26-23-28(17-6-3-2-4-7-17)27-22(32-23)21(29)20-13-15-12-16(24)9-10-19(15)31-20/h2-13H,1H3/b25-14+,26-23+. The number of rotatable bonds is 5. The molecule has 0 spiro atoms. The fourth-order valence-corrected chi connectivity index (χ4v) is 4.24. The lowest BCUT2D eigenvalue weighted by Crippen LogP contribution is -2.14. The SMILES string of the molecule is C/C(=N\N=c1\sc(C(=O)c2cc3cc(Br)ccc3o2)nn1-c1ccccc1)c1ccco1. The monoisotopic (exact) mass is 506 g/mol. The van der Waals surface area contributed by atoms with Gasteiger partial charge < -0.3 is 8.83 Å². The first-order valence-electron chi connectivity index (χ1n) is 9.60. The molecule has 0 unspecified atom stereocenters. The van der Waals surface area contributed by atoms with Gasteiger partial charge in [0.2, 0.25) is 4.80 Å². The van der Waals surface area contributed by atoms with E-state index in [4.69, 9.17) is 8.83 Å². The molecule has 32 heavy (non-hydrogen) atoms. The van der Waals surface area contributed by atoms with Gasteiger partial charge in [-0.3, -0.25) is 4.79 Å².